The van der Waals surface area contributed by atoms with Gasteiger partial charge in [0.15, 0.2) is 0 Å². The molecule has 0 fully saturated rings. The fraction of sp³-hybridized carbons (Fsp3) is 0.700. The molecule has 0 aliphatic heterocycles. The topological polar surface area (TPSA) is 113 Å². The Bertz CT molecular complexity index is 315. The average molecular weight is 313 g/mol. The maximum absolute atomic E-state index is 11.7. The SMILES string of the molecule is NCCNC(=O)C(CCCCNC(=O)Cl)NC(=O)Cl. The van der Waals surface area contributed by atoms with Crippen molar-refractivity contribution >= 4 is 39.8 Å². The van der Waals surface area contributed by atoms with Crippen LogP contribution in [0.25, 0.3) is 0 Å². The van der Waals surface area contributed by atoms with Crippen LogP contribution in [0.15, 0.2) is 0 Å². The van der Waals surface area contributed by atoms with Gasteiger partial charge in [-0.2, -0.15) is 0 Å². The minimum Gasteiger partial charge on any atom is -0.353 e. The molecule has 0 aliphatic carbocycles. The summed E-state index contributed by atoms with van der Waals surface area (Å²) in [5.74, 6) is -0.333. The van der Waals surface area contributed by atoms with E-state index in [1.807, 2.05) is 0 Å². The normalized spacial score (nSPS) is 11.5. The maximum Gasteiger partial charge on any atom is 0.314 e. The van der Waals surface area contributed by atoms with Crippen molar-refractivity contribution in [2.24, 2.45) is 5.73 Å². The van der Waals surface area contributed by atoms with Gasteiger partial charge in [-0.1, -0.05) is 0 Å². The molecule has 0 aliphatic rings. The molecule has 5 N–H and O–H groups in total. The first kappa shape index (κ1) is 17.9. The zero-order valence-corrected chi connectivity index (χ0v) is 11.9. The van der Waals surface area contributed by atoms with Crippen LogP contribution >= 0.6 is 23.2 Å². The number of hydrogen-bond donors (Lipinski definition) is 4. The van der Waals surface area contributed by atoms with E-state index in [0.29, 0.717) is 38.9 Å². The third-order valence-corrected chi connectivity index (χ3v) is 2.47. The van der Waals surface area contributed by atoms with Crippen LogP contribution in [0.3, 0.4) is 0 Å². The second-order valence-electron chi connectivity index (χ2n) is 3.75. The standard InChI is InChI=1S/C10H18Cl2N4O3/c11-9(18)15-5-2-1-3-7(16-10(12)19)8(17)14-6-4-13/h7H,1-6,13H2,(H,14,17)(H,15,18)(H,16,19). The second-order valence-corrected chi connectivity index (χ2v) is 4.43. The molecule has 19 heavy (non-hydrogen) atoms. The first-order valence-electron chi connectivity index (χ1n) is 5.84. The predicted octanol–water partition coefficient (Wildman–Crippen LogP) is 0.497. The summed E-state index contributed by atoms with van der Waals surface area (Å²) in [6.07, 6.45) is 1.67. The van der Waals surface area contributed by atoms with E-state index in [2.05, 4.69) is 16.0 Å². The van der Waals surface area contributed by atoms with Gasteiger partial charge in [0.1, 0.15) is 6.04 Å². The van der Waals surface area contributed by atoms with Crippen molar-refractivity contribution < 1.29 is 14.4 Å². The predicted molar refractivity (Wildman–Crippen MR) is 73.3 cm³/mol. The second kappa shape index (κ2) is 10.8. The van der Waals surface area contributed by atoms with Gasteiger partial charge >= 0.3 is 10.7 Å². The molecular weight excluding hydrogens is 295 g/mol. The van der Waals surface area contributed by atoms with Gasteiger partial charge in [-0.3, -0.25) is 14.4 Å². The van der Waals surface area contributed by atoms with E-state index >= 15 is 0 Å². The van der Waals surface area contributed by atoms with Crippen molar-refractivity contribution in [1.82, 2.24) is 16.0 Å². The molecule has 1 atom stereocenters. The highest BCUT2D eigenvalue weighted by Crippen LogP contribution is 2.02. The molecule has 1 unspecified atom stereocenters. The summed E-state index contributed by atoms with van der Waals surface area (Å²) < 4.78 is 0. The van der Waals surface area contributed by atoms with Gasteiger partial charge in [0.2, 0.25) is 5.91 Å². The smallest absolute Gasteiger partial charge is 0.314 e. The third-order valence-electron chi connectivity index (χ3n) is 2.23. The molecule has 0 saturated carbocycles. The Balaban J connectivity index is 4.02. The van der Waals surface area contributed by atoms with E-state index in [1.165, 1.54) is 0 Å². The molecule has 0 aromatic carbocycles. The molecule has 0 saturated heterocycles. The highest BCUT2D eigenvalue weighted by Gasteiger charge is 2.18. The van der Waals surface area contributed by atoms with Crippen molar-refractivity contribution in [1.29, 1.82) is 0 Å². The number of halogens is 2. The lowest BCUT2D eigenvalue weighted by Crippen LogP contribution is -2.46. The van der Waals surface area contributed by atoms with Crippen LogP contribution in [0.1, 0.15) is 19.3 Å². The monoisotopic (exact) mass is 312 g/mol. The Hall–Kier alpha value is -1.05. The Morgan fingerprint density at radius 2 is 1.68 bits per heavy atom. The maximum atomic E-state index is 11.7. The van der Waals surface area contributed by atoms with Gasteiger partial charge in [-0.25, -0.2) is 0 Å². The van der Waals surface area contributed by atoms with Gasteiger partial charge in [0.25, 0.3) is 0 Å². The van der Waals surface area contributed by atoms with Crippen LogP contribution in [0.2, 0.25) is 0 Å². The molecule has 0 aromatic rings. The van der Waals surface area contributed by atoms with Crippen LogP contribution in [-0.4, -0.2) is 42.3 Å². The van der Waals surface area contributed by atoms with Crippen LogP contribution < -0.4 is 21.7 Å². The fourth-order valence-electron chi connectivity index (χ4n) is 1.38. The van der Waals surface area contributed by atoms with Crippen molar-refractivity contribution in [2.45, 2.75) is 25.3 Å². The number of nitrogens with one attached hydrogen (secondary N) is 3. The number of carbonyl (C=O) groups excluding carboxylic acids is 3. The summed E-state index contributed by atoms with van der Waals surface area (Å²) in [5, 5.41) is 5.93. The zero-order valence-electron chi connectivity index (χ0n) is 10.4. The van der Waals surface area contributed by atoms with Gasteiger partial charge in [0, 0.05) is 19.6 Å². The molecule has 7 nitrogen and oxygen atoms in total. The largest absolute Gasteiger partial charge is 0.353 e. The van der Waals surface area contributed by atoms with Crippen molar-refractivity contribution in [3.05, 3.63) is 0 Å². The molecule has 9 heteroatoms. The molecule has 110 valence electrons. The van der Waals surface area contributed by atoms with E-state index in [9.17, 15) is 14.4 Å². The van der Waals surface area contributed by atoms with Gasteiger partial charge in [0.05, 0.1) is 0 Å². The summed E-state index contributed by atoms with van der Waals surface area (Å²) in [6.45, 7) is 1.05. The Morgan fingerprint density at radius 1 is 1.00 bits per heavy atom. The fourth-order valence-corrected chi connectivity index (χ4v) is 1.61. The van der Waals surface area contributed by atoms with Crippen LogP contribution in [0, 0.1) is 0 Å². The third kappa shape index (κ3) is 10.5. The molecule has 0 aromatic heterocycles. The molecule has 0 rings (SSSR count). The number of hydrogen-bond acceptors (Lipinski definition) is 4. The summed E-state index contributed by atoms with van der Waals surface area (Å²) in [4.78, 5) is 32.9. The lowest BCUT2D eigenvalue weighted by molar-refractivity contribution is -0.123. The van der Waals surface area contributed by atoms with Crippen molar-refractivity contribution in [3.8, 4) is 0 Å². The van der Waals surface area contributed by atoms with Crippen LogP contribution in [0.5, 0.6) is 0 Å². The Morgan fingerprint density at radius 3 is 2.21 bits per heavy atom. The minimum atomic E-state index is -0.790. The molecule has 0 spiro atoms. The summed E-state index contributed by atoms with van der Waals surface area (Å²) in [7, 11) is 0. The zero-order chi connectivity index (χ0) is 14.7. The number of rotatable bonds is 9. The van der Waals surface area contributed by atoms with E-state index in [4.69, 9.17) is 28.9 Å². The van der Waals surface area contributed by atoms with Crippen molar-refractivity contribution in [3.63, 3.8) is 0 Å². The van der Waals surface area contributed by atoms with Crippen molar-refractivity contribution in [2.75, 3.05) is 19.6 Å². The number of carbonyl (C=O) groups is 3. The van der Waals surface area contributed by atoms with Gasteiger partial charge in [-0.05, 0) is 42.5 Å². The Kier molecular flexibility index (Phi) is 10.2. The summed E-state index contributed by atoms with van der Waals surface area (Å²) in [6, 6.07) is -0.705. The first-order chi connectivity index (χ1) is 8.97. The lowest BCUT2D eigenvalue weighted by atomic mass is 10.1. The highest BCUT2D eigenvalue weighted by molar-refractivity contribution is 6.63. The number of unbranched alkanes of at least 4 members (excludes halogenated alkanes) is 1. The van der Waals surface area contributed by atoms with E-state index in [1.54, 1.807) is 0 Å². The summed E-state index contributed by atoms with van der Waals surface area (Å²) in [5.41, 5.74) is 5.27. The molecule has 0 heterocycles. The number of amides is 3. The minimum absolute atomic E-state index is 0.315. The molecule has 0 bridgehead atoms. The Labute approximate surface area is 121 Å². The van der Waals surface area contributed by atoms with E-state index in [0.717, 1.165) is 0 Å². The highest BCUT2D eigenvalue weighted by atomic mass is 35.5. The molecular formula is C10H18Cl2N4O3. The molecule has 0 radical (unpaired) electrons. The van der Waals surface area contributed by atoms with E-state index in [-0.39, 0.29) is 5.91 Å². The average Bonchev–Trinajstić information content (AvgIpc) is 2.33. The van der Waals surface area contributed by atoms with E-state index < -0.39 is 16.8 Å². The summed E-state index contributed by atoms with van der Waals surface area (Å²) >= 11 is 10.3. The first-order valence-corrected chi connectivity index (χ1v) is 6.60. The van der Waals surface area contributed by atoms with Gasteiger partial charge < -0.3 is 21.7 Å². The number of nitrogens with two attached hydrogens (primary N) is 1. The van der Waals surface area contributed by atoms with Crippen LogP contribution in [-0.2, 0) is 4.79 Å². The van der Waals surface area contributed by atoms with Crippen LogP contribution in [0.4, 0.5) is 9.59 Å². The quantitative estimate of drug-likeness (QED) is 0.282. The lowest BCUT2D eigenvalue weighted by Gasteiger charge is -2.16. The molecule has 3 amide bonds. The van der Waals surface area contributed by atoms with Gasteiger partial charge in [-0.15, -0.1) is 0 Å².